The van der Waals surface area contributed by atoms with Crippen molar-refractivity contribution in [1.82, 2.24) is 15.4 Å². The van der Waals surface area contributed by atoms with E-state index in [4.69, 9.17) is 9.47 Å². The van der Waals surface area contributed by atoms with Crippen molar-refractivity contribution in [2.45, 2.75) is 6.29 Å². The zero-order valence-electron chi connectivity index (χ0n) is 5.87. The van der Waals surface area contributed by atoms with Crippen molar-refractivity contribution in [2.75, 3.05) is 14.2 Å². The summed E-state index contributed by atoms with van der Waals surface area (Å²) in [5.41, 5.74) is 0.644. The maximum absolute atomic E-state index is 4.90. The molecule has 1 N–H and O–H groups in total. The quantitative estimate of drug-likeness (QED) is 0.609. The van der Waals surface area contributed by atoms with Crippen molar-refractivity contribution in [3.63, 3.8) is 0 Å². The number of rotatable bonds is 3. The van der Waals surface area contributed by atoms with Gasteiger partial charge in [-0.15, -0.1) is 0 Å². The number of aromatic amines is 1. The minimum atomic E-state index is -0.418. The lowest BCUT2D eigenvalue weighted by Crippen LogP contribution is -2.03. The number of H-pyrrole nitrogens is 1. The van der Waals surface area contributed by atoms with Crippen LogP contribution in [0, 0.1) is 0 Å². The molecule has 5 nitrogen and oxygen atoms in total. The third-order valence-corrected chi connectivity index (χ3v) is 1.10. The standard InChI is InChI=1S/C5H9N3O2/c1-9-5(10-2)4-3-6-8-7-4/h3,5H,1-2H3,(H,6,7,8). The van der Waals surface area contributed by atoms with Crippen molar-refractivity contribution in [2.24, 2.45) is 0 Å². The van der Waals surface area contributed by atoms with Crippen molar-refractivity contribution < 1.29 is 9.47 Å². The van der Waals surface area contributed by atoms with Gasteiger partial charge in [-0.3, -0.25) is 0 Å². The molecular formula is C5H9N3O2. The topological polar surface area (TPSA) is 60.0 Å². The Morgan fingerprint density at radius 1 is 1.50 bits per heavy atom. The lowest BCUT2D eigenvalue weighted by molar-refractivity contribution is -0.108. The predicted octanol–water partition coefficient (Wildman–Crippen LogP) is 0.0961. The molecular weight excluding hydrogens is 134 g/mol. The number of aromatic nitrogens is 3. The van der Waals surface area contributed by atoms with Crippen LogP contribution < -0.4 is 0 Å². The Balaban J connectivity index is 2.64. The van der Waals surface area contributed by atoms with Crippen molar-refractivity contribution in [3.8, 4) is 0 Å². The Morgan fingerprint density at radius 2 is 2.20 bits per heavy atom. The Bertz CT molecular complexity index is 171. The molecule has 0 amide bonds. The van der Waals surface area contributed by atoms with Gasteiger partial charge >= 0.3 is 0 Å². The molecule has 0 aromatic carbocycles. The molecule has 0 aliphatic carbocycles. The number of nitrogens with one attached hydrogen (secondary N) is 1. The lowest BCUT2D eigenvalue weighted by Gasteiger charge is -2.07. The van der Waals surface area contributed by atoms with Crippen LogP contribution >= 0.6 is 0 Å². The largest absolute Gasteiger partial charge is 0.350 e. The van der Waals surface area contributed by atoms with E-state index in [1.165, 1.54) is 0 Å². The van der Waals surface area contributed by atoms with Gasteiger partial charge in [0.05, 0.1) is 6.20 Å². The molecule has 1 rings (SSSR count). The molecule has 56 valence electrons. The minimum Gasteiger partial charge on any atom is -0.350 e. The van der Waals surface area contributed by atoms with Gasteiger partial charge in [-0.05, 0) is 0 Å². The van der Waals surface area contributed by atoms with Gasteiger partial charge in [-0.1, -0.05) is 0 Å². The summed E-state index contributed by atoms with van der Waals surface area (Å²) in [6.45, 7) is 0. The van der Waals surface area contributed by atoms with Crippen LogP contribution in [0.2, 0.25) is 0 Å². The maximum atomic E-state index is 4.90. The third kappa shape index (κ3) is 1.31. The molecule has 0 saturated heterocycles. The first-order valence-corrected chi connectivity index (χ1v) is 2.79. The molecule has 0 atom stereocenters. The third-order valence-electron chi connectivity index (χ3n) is 1.10. The van der Waals surface area contributed by atoms with E-state index in [0.29, 0.717) is 5.69 Å². The van der Waals surface area contributed by atoms with Crippen LogP contribution in [-0.4, -0.2) is 29.6 Å². The fraction of sp³-hybridized carbons (Fsp3) is 0.600. The molecule has 1 aromatic heterocycles. The van der Waals surface area contributed by atoms with E-state index in [1.54, 1.807) is 20.4 Å². The molecule has 0 bridgehead atoms. The second-order valence-corrected chi connectivity index (χ2v) is 1.70. The molecule has 0 radical (unpaired) electrons. The van der Waals surface area contributed by atoms with Gasteiger partial charge in [0.15, 0.2) is 0 Å². The first-order valence-electron chi connectivity index (χ1n) is 2.79. The highest BCUT2D eigenvalue weighted by atomic mass is 16.7. The van der Waals surface area contributed by atoms with Crippen molar-refractivity contribution >= 4 is 0 Å². The van der Waals surface area contributed by atoms with Gasteiger partial charge in [0.1, 0.15) is 5.69 Å². The highest BCUT2D eigenvalue weighted by Gasteiger charge is 2.10. The lowest BCUT2D eigenvalue weighted by atomic mass is 10.5. The van der Waals surface area contributed by atoms with Crippen molar-refractivity contribution in [1.29, 1.82) is 0 Å². The predicted molar refractivity (Wildman–Crippen MR) is 33.1 cm³/mol. The first kappa shape index (κ1) is 7.17. The van der Waals surface area contributed by atoms with Crippen molar-refractivity contribution in [3.05, 3.63) is 11.9 Å². The van der Waals surface area contributed by atoms with Gasteiger partial charge < -0.3 is 9.47 Å². The molecule has 0 aliphatic heterocycles. The molecule has 0 unspecified atom stereocenters. The van der Waals surface area contributed by atoms with Gasteiger partial charge in [-0.25, -0.2) is 0 Å². The number of nitrogens with zero attached hydrogens (tertiary/aromatic N) is 2. The Labute approximate surface area is 58.3 Å². The normalized spacial score (nSPS) is 10.7. The Hall–Kier alpha value is -0.940. The number of methoxy groups -OCH3 is 2. The summed E-state index contributed by atoms with van der Waals surface area (Å²) in [5, 5.41) is 9.83. The molecule has 0 spiro atoms. The fourth-order valence-electron chi connectivity index (χ4n) is 0.662. The summed E-state index contributed by atoms with van der Waals surface area (Å²) in [5.74, 6) is 0. The van der Waals surface area contributed by atoms with Gasteiger partial charge in [0.25, 0.3) is 0 Å². The van der Waals surface area contributed by atoms with Crippen LogP contribution in [-0.2, 0) is 9.47 Å². The van der Waals surface area contributed by atoms with Gasteiger partial charge in [0.2, 0.25) is 6.29 Å². The van der Waals surface area contributed by atoms with Crippen LogP contribution in [0.5, 0.6) is 0 Å². The van der Waals surface area contributed by atoms with E-state index in [1.807, 2.05) is 0 Å². The van der Waals surface area contributed by atoms with Crippen LogP contribution in [0.1, 0.15) is 12.0 Å². The summed E-state index contributed by atoms with van der Waals surface area (Å²) < 4.78 is 9.80. The van der Waals surface area contributed by atoms with Crippen LogP contribution in [0.3, 0.4) is 0 Å². The van der Waals surface area contributed by atoms with Crippen LogP contribution in [0.15, 0.2) is 6.20 Å². The second-order valence-electron chi connectivity index (χ2n) is 1.70. The zero-order valence-corrected chi connectivity index (χ0v) is 5.87. The molecule has 0 saturated carbocycles. The molecule has 0 fully saturated rings. The maximum Gasteiger partial charge on any atom is 0.204 e. The van der Waals surface area contributed by atoms with E-state index in [2.05, 4.69) is 15.4 Å². The smallest absolute Gasteiger partial charge is 0.204 e. The van der Waals surface area contributed by atoms with E-state index < -0.39 is 6.29 Å². The summed E-state index contributed by atoms with van der Waals surface area (Å²) in [7, 11) is 3.09. The number of hydrogen-bond donors (Lipinski definition) is 1. The highest BCUT2D eigenvalue weighted by molar-refractivity contribution is 4.91. The van der Waals surface area contributed by atoms with Gasteiger partial charge in [0, 0.05) is 14.2 Å². The van der Waals surface area contributed by atoms with E-state index in [0.717, 1.165) is 0 Å². The summed E-state index contributed by atoms with van der Waals surface area (Å²) in [6, 6.07) is 0. The number of hydrogen-bond acceptors (Lipinski definition) is 4. The average Bonchev–Trinajstić information content (AvgIpc) is 2.43. The molecule has 0 aliphatic rings. The van der Waals surface area contributed by atoms with E-state index in [-0.39, 0.29) is 0 Å². The van der Waals surface area contributed by atoms with Crippen LogP contribution in [0.25, 0.3) is 0 Å². The summed E-state index contributed by atoms with van der Waals surface area (Å²) >= 11 is 0. The fourth-order valence-corrected chi connectivity index (χ4v) is 0.662. The monoisotopic (exact) mass is 143 g/mol. The minimum absolute atomic E-state index is 0.418. The van der Waals surface area contributed by atoms with Gasteiger partial charge in [-0.2, -0.15) is 15.4 Å². The van der Waals surface area contributed by atoms with E-state index in [9.17, 15) is 0 Å². The molecule has 5 heteroatoms. The first-order chi connectivity index (χ1) is 4.88. The molecule has 10 heavy (non-hydrogen) atoms. The SMILES string of the molecule is COC(OC)c1cn[nH]n1. The Kier molecular flexibility index (Phi) is 2.35. The summed E-state index contributed by atoms with van der Waals surface area (Å²) in [4.78, 5) is 0. The summed E-state index contributed by atoms with van der Waals surface area (Å²) in [6.07, 6.45) is 1.14. The molecule has 1 aromatic rings. The number of ether oxygens (including phenoxy) is 2. The average molecular weight is 143 g/mol. The van der Waals surface area contributed by atoms with Crippen LogP contribution in [0.4, 0.5) is 0 Å². The highest BCUT2D eigenvalue weighted by Crippen LogP contribution is 2.11. The second kappa shape index (κ2) is 3.28. The Morgan fingerprint density at radius 3 is 2.60 bits per heavy atom. The van der Waals surface area contributed by atoms with E-state index >= 15 is 0 Å². The molecule has 1 heterocycles. The zero-order chi connectivity index (χ0) is 7.40.